The highest BCUT2D eigenvalue weighted by molar-refractivity contribution is 7.16. The number of nitrogens with zero attached hydrogens (tertiary/aromatic N) is 1. The lowest BCUT2D eigenvalue weighted by Crippen LogP contribution is -2.07. The van der Waals surface area contributed by atoms with Crippen molar-refractivity contribution in [1.29, 1.82) is 5.26 Å². The van der Waals surface area contributed by atoms with E-state index < -0.39 is 0 Å². The highest BCUT2D eigenvalue weighted by atomic mass is 32.1. The third-order valence-electron chi connectivity index (χ3n) is 3.95. The van der Waals surface area contributed by atoms with Crippen LogP contribution in [0.2, 0.25) is 0 Å². The fourth-order valence-corrected chi connectivity index (χ4v) is 4.00. The first-order valence-electron chi connectivity index (χ1n) is 7.83. The largest absolute Gasteiger partial charge is 0.462 e. The van der Waals surface area contributed by atoms with Crippen molar-refractivity contribution in [2.45, 2.75) is 39.0 Å². The summed E-state index contributed by atoms with van der Waals surface area (Å²) in [6.07, 6.45) is 8.13. The molecule has 0 fully saturated rings. The molecule has 0 atom stereocenters. The van der Waals surface area contributed by atoms with Crippen LogP contribution in [0.5, 0.6) is 0 Å². The average Bonchev–Trinajstić information content (AvgIpc) is 3.16. The molecule has 5 heteroatoms. The summed E-state index contributed by atoms with van der Waals surface area (Å²) < 4.78 is 5.53. The Balaban J connectivity index is 1.73. The Bertz CT molecular complexity index is 793. The molecule has 1 N–H and O–H groups in total. The predicted octanol–water partition coefficient (Wildman–Crippen LogP) is 4.31. The molecule has 0 unspecified atom stereocenters. The summed E-state index contributed by atoms with van der Waals surface area (Å²) in [5, 5.41) is 12.9. The van der Waals surface area contributed by atoms with Gasteiger partial charge in [-0.1, -0.05) is 6.92 Å². The number of nitrogens with one attached hydrogen (secondary N) is 1. The van der Waals surface area contributed by atoms with Crippen molar-refractivity contribution in [3.05, 3.63) is 45.7 Å². The Kier molecular flexibility index (Phi) is 4.63. The molecule has 0 radical (unpaired) electrons. The first-order valence-corrected chi connectivity index (χ1v) is 8.65. The Hall–Kier alpha value is -2.32. The SMILES string of the molecule is CCc1ccc(/C=C/C(=O)Nc2sc3c(c2C#N)CCCC3)o1. The zero-order valence-electron chi connectivity index (χ0n) is 13.0. The summed E-state index contributed by atoms with van der Waals surface area (Å²) in [5.74, 6) is 1.31. The van der Waals surface area contributed by atoms with E-state index in [1.54, 1.807) is 6.08 Å². The van der Waals surface area contributed by atoms with Crippen molar-refractivity contribution in [3.63, 3.8) is 0 Å². The molecule has 1 amide bonds. The van der Waals surface area contributed by atoms with Gasteiger partial charge in [0.05, 0.1) is 5.56 Å². The van der Waals surface area contributed by atoms with Crippen LogP contribution >= 0.6 is 11.3 Å². The minimum absolute atomic E-state index is 0.241. The zero-order valence-corrected chi connectivity index (χ0v) is 13.8. The lowest BCUT2D eigenvalue weighted by molar-refractivity contribution is -0.111. The highest BCUT2D eigenvalue weighted by Gasteiger charge is 2.21. The second kappa shape index (κ2) is 6.84. The minimum Gasteiger partial charge on any atom is -0.462 e. The fourth-order valence-electron chi connectivity index (χ4n) is 2.76. The summed E-state index contributed by atoms with van der Waals surface area (Å²) in [4.78, 5) is 13.3. The molecule has 2 aromatic heterocycles. The molecule has 1 aliphatic rings. The third-order valence-corrected chi connectivity index (χ3v) is 5.16. The fraction of sp³-hybridized carbons (Fsp3) is 0.333. The van der Waals surface area contributed by atoms with E-state index in [1.165, 1.54) is 22.3 Å². The van der Waals surface area contributed by atoms with Crippen LogP contribution in [0.1, 0.15) is 47.3 Å². The Morgan fingerprint density at radius 2 is 2.26 bits per heavy atom. The van der Waals surface area contributed by atoms with E-state index in [0.717, 1.165) is 43.4 Å². The number of carbonyl (C=O) groups is 1. The van der Waals surface area contributed by atoms with Gasteiger partial charge in [-0.05, 0) is 49.5 Å². The van der Waals surface area contributed by atoms with Crippen molar-refractivity contribution < 1.29 is 9.21 Å². The van der Waals surface area contributed by atoms with Gasteiger partial charge in [-0.3, -0.25) is 4.79 Å². The second-order valence-corrected chi connectivity index (χ2v) is 6.61. The van der Waals surface area contributed by atoms with Gasteiger partial charge in [-0.25, -0.2) is 0 Å². The van der Waals surface area contributed by atoms with Gasteiger partial charge in [0.15, 0.2) is 0 Å². The van der Waals surface area contributed by atoms with Crippen LogP contribution < -0.4 is 5.32 Å². The van der Waals surface area contributed by atoms with Crippen molar-refractivity contribution >= 4 is 28.3 Å². The van der Waals surface area contributed by atoms with Gasteiger partial charge in [0, 0.05) is 17.4 Å². The maximum absolute atomic E-state index is 12.1. The smallest absolute Gasteiger partial charge is 0.249 e. The van der Waals surface area contributed by atoms with E-state index in [-0.39, 0.29) is 5.91 Å². The molecular weight excluding hydrogens is 308 g/mol. The van der Waals surface area contributed by atoms with Crippen molar-refractivity contribution in [2.24, 2.45) is 0 Å². The van der Waals surface area contributed by atoms with Gasteiger partial charge in [-0.2, -0.15) is 5.26 Å². The molecule has 4 nitrogen and oxygen atoms in total. The molecular formula is C18H18N2O2S. The van der Waals surface area contributed by atoms with Crippen molar-refractivity contribution in [1.82, 2.24) is 0 Å². The van der Waals surface area contributed by atoms with Gasteiger partial charge >= 0.3 is 0 Å². The number of aryl methyl sites for hydroxylation is 2. The topological polar surface area (TPSA) is 66.0 Å². The van der Waals surface area contributed by atoms with Crippen LogP contribution in [0, 0.1) is 11.3 Å². The zero-order chi connectivity index (χ0) is 16.2. The highest BCUT2D eigenvalue weighted by Crippen LogP contribution is 2.37. The number of hydrogen-bond donors (Lipinski definition) is 1. The lowest BCUT2D eigenvalue weighted by atomic mass is 9.96. The first-order chi connectivity index (χ1) is 11.2. The third kappa shape index (κ3) is 3.38. The molecule has 0 aliphatic heterocycles. The molecule has 0 saturated heterocycles. The quantitative estimate of drug-likeness (QED) is 0.852. The number of thiophene rings is 1. The van der Waals surface area contributed by atoms with Crippen LogP contribution in [0.3, 0.4) is 0 Å². The monoisotopic (exact) mass is 326 g/mol. The molecule has 2 heterocycles. The number of rotatable bonds is 4. The predicted molar refractivity (Wildman–Crippen MR) is 91.4 cm³/mol. The van der Waals surface area contributed by atoms with E-state index in [0.29, 0.717) is 16.3 Å². The molecule has 118 valence electrons. The van der Waals surface area contributed by atoms with Crippen LogP contribution in [0.4, 0.5) is 5.00 Å². The summed E-state index contributed by atoms with van der Waals surface area (Å²) >= 11 is 1.53. The number of hydrogen-bond acceptors (Lipinski definition) is 4. The minimum atomic E-state index is -0.241. The normalized spacial score (nSPS) is 13.7. The summed E-state index contributed by atoms with van der Waals surface area (Å²) in [6, 6.07) is 5.99. The summed E-state index contributed by atoms with van der Waals surface area (Å²) in [7, 11) is 0. The number of furan rings is 1. The van der Waals surface area contributed by atoms with Crippen LogP contribution in [0.25, 0.3) is 6.08 Å². The Morgan fingerprint density at radius 1 is 1.43 bits per heavy atom. The number of nitriles is 1. The molecule has 0 aromatic carbocycles. The second-order valence-electron chi connectivity index (χ2n) is 5.51. The molecule has 0 spiro atoms. The van der Waals surface area contributed by atoms with E-state index in [4.69, 9.17) is 4.42 Å². The van der Waals surface area contributed by atoms with Crippen molar-refractivity contribution in [2.75, 3.05) is 5.32 Å². The van der Waals surface area contributed by atoms with Gasteiger partial charge in [0.2, 0.25) is 5.91 Å². The Labute approximate surface area is 139 Å². The molecule has 3 rings (SSSR count). The van der Waals surface area contributed by atoms with Crippen LogP contribution in [-0.2, 0) is 24.1 Å². The van der Waals surface area contributed by atoms with Gasteiger partial charge in [0.1, 0.15) is 22.6 Å². The number of amides is 1. The summed E-state index contributed by atoms with van der Waals surface area (Å²) in [6.45, 7) is 2.01. The molecule has 23 heavy (non-hydrogen) atoms. The van der Waals surface area contributed by atoms with Crippen LogP contribution in [-0.4, -0.2) is 5.91 Å². The van der Waals surface area contributed by atoms with E-state index in [9.17, 15) is 10.1 Å². The van der Waals surface area contributed by atoms with Crippen LogP contribution in [0.15, 0.2) is 22.6 Å². The van der Waals surface area contributed by atoms with E-state index >= 15 is 0 Å². The average molecular weight is 326 g/mol. The molecule has 0 bridgehead atoms. The van der Waals surface area contributed by atoms with Gasteiger partial charge in [-0.15, -0.1) is 11.3 Å². The molecule has 2 aromatic rings. The standard InChI is InChI=1S/C18H18N2O2S/c1-2-12-7-8-13(22-12)9-10-17(21)20-18-15(11-19)14-5-3-4-6-16(14)23-18/h7-10H,2-6H2,1H3,(H,20,21)/b10-9+. The van der Waals surface area contributed by atoms with Crippen molar-refractivity contribution in [3.8, 4) is 6.07 Å². The summed E-state index contributed by atoms with van der Waals surface area (Å²) in [5.41, 5.74) is 1.76. The lowest BCUT2D eigenvalue weighted by Gasteiger charge is -2.09. The molecule has 1 aliphatic carbocycles. The van der Waals surface area contributed by atoms with Gasteiger partial charge in [0.25, 0.3) is 0 Å². The molecule has 0 saturated carbocycles. The maximum Gasteiger partial charge on any atom is 0.249 e. The maximum atomic E-state index is 12.1. The van der Waals surface area contributed by atoms with Gasteiger partial charge < -0.3 is 9.73 Å². The van der Waals surface area contributed by atoms with E-state index in [1.807, 2.05) is 19.1 Å². The number of carbonyl (C=O) groups excluding carboxylic acids is 1. The Morgan fingerprint density at radius 3 is 3.00 bits per heavy atom. The van der Waals surface area contributed by atoms with E-state index in [2.05, 4.69) is 11.4 Å². The number of anilines is 1. The first kappa shape index (κ1) is 15.6. The number of fused-ring (bicyclic) bond motifs is 1.